The fourth-order valence-corrected chi connectivity index (χ4v) is 1.35. The predicted octanol–water partition coefficient (Wildman–Crippen LogP) is 0.782. The number of benzene rings is 1. The van der Waals surface area contributed by atoms with E-state index in [1.54, 1.807) is 24.3 Å². The molecule has 0 fully saturated rings. The van der Waals surface area contributed by atoms with E-state index in [2.05, 4.69) is 32.5 Å². The summed E-state index contributed by atoms with van der Waals surface area (Å²) in [7, 11) is 0. The van der Waals surface area contributed by atoms with Crippen molar-refractivity contribution in [3.63, 3.8) is 0 Å². The molecule has 6 heteroatoms. The first-order valence-corrected chi connectivity index (χ1v) is 5.04. The molecule has 1 amide bonds. The lowest BCUT2D eigenvalue weighted by molar-refractivity contribution is 0.0958. The van der Waals surface area contributed by atoms with E-state index in [0.29, 0.717) is 17.9 Å². The second-order valence-corrected chi connectivity index (χ2v) is 3.31. The molecule has 0 atom stereocenters. The minimum Gasteiger partial charge on any atom is -0.349 e. The maximum absolute atomic E-state index is 11.7. The van der Waals surface area contributed by atoms with Crippen LogP contribution in [0.5, 0.6) is 0 Å². The largest absolute Gasteiger partial charge is 0.349 e. The van der Waals surface area contributed by atoms with Gasteiger partial charge in [0.1, 0.15) is 0 Å². The lowest BCUT2D eigenvalue weighted by Crippen LogP contribution is -2.23. The van der Waals surface area contributed by atoms with E-state index in [-0.39, 0.29) is 5.91 Å². The summed E-state index contributed by atoms with van der Waals surface area (Å²) in [5.74, 6) is 0.304. The van der Waals surface area contributed by atoms with Gasteiger partial charge in [-0.3, -0.25) is 4.79 Å². The molecule has 0 aliphatic heterocycles. The summed E-state index contributed by atoms with van der Waals surface area (Å²) in [6.45, 7) is 3.97. The number of hydrogen-bond acceptors (Lipinski definition) is 4. The summed E-state index contributed by atoms with van der Waals surface area (Å²) in [5.41, 5.74) is 1.29. The molecule has 0 unspecified atom stereocenters. The molecule has 2 aromatic rings. The first-order valence-electron chi connectivity index (χ1n) is 5.04. The molecule has 0 saturated carbocycles. The molecular formula is C11H11N5O. The number of carbonyl (C=O) groups excluding carboxylic acids is 1. The average molecular weight is 229 g/mol. The maximum Gasteiger partial charge on any atom is 0.251 e. The van der Waals surface area contributed by atoms with Gasteiger partial charge in [0.15, 0.2) is 0 Å². The fraction of sp³-hybridized carbons (Fsp3) is 0.0909. The predicted molar refractivity (Wildman–Crippen MR) is 62.1 cm³/mol. The summed E-state index contributed by atoms with van der Waals surface area (Å²) in [4.78, 5) is 11.7. The highest BCUT2D eigenvalue weighted by Crippen LogP contribution is 2.14. The third-order valence-electron chi connectivity index (χ3n) is 2.14. The lowest BCUT2D eigenvalue weighted by atomic mass is 10.1. The van der Waals surface area contributed by atoms with Crippen LogP contribution in [0.4, 0.5) is 0 Å². The molecule has 2 rings (SSSR count). The SMILES string of the molecule is C=CCNC(=O)c1cccc(-c2nn[nH]n2)c1. The number of nitrogens with one attached hydrogen (secondary N) is 2. The Kier molecular flexibility index (Phi) is 3.25. The maximum atomic E-state index is 11.7. The highest BCUT2D eigenvalue weighted by molar-refractivity contribution is 5.95. The highest BCUT2D eigenvalue weighted by atomic mass is 16.1. The highest BCUT2D eigenvalue weighted by Gasteiger charge is 2.08. The van der Waals surface area contributed by atoms with Crippen LogP contribution < -0.4 is 5.32 Å². The van der Waals surface area contributed by atoms with Crippen LogP contribution in [0.15, 0.2) is 36.9 Å². The fourth-order valence-electron chi connectivity index (χ4n) is 1.35. The molecular weight excluding hydrogens is 218 g/mol. The Morgan fingerprint density at radius 3 is 3.12 bits per heavy atom. The number of hydrogen-bond donors (Lipinski definition) is 2. The van der Waals surface area contributed by atoms with Crippen molar-refractivity contribution in [3.05, 3.63) is 42.5 Å². The molecule has 1 aromatic heterocycles. The quantitative estimate of drug-likeness (QED) is 0.759. The van der Waals surface area contributed by atoms with Gasteiger partial charge in [-0.25, -0.2) is 0 Å². The average Bonchev–Trinajstić information content (AvgIpc) is 2.90. The second-order valence-electron chi connectivity index (χ2n) is 3.31. The Hall–Kier alpha value is -2.50. The van der Waals surface area contributed by atoms with Crippen molar-refractivity contribution in [2.24, 2.45) is 0 Å². The zero-order chi connectivity index (χ0) is 12.1. The zero-order valence-electron chi connectivity index (χ0n) is 9.05. The van der Waals surface area contributed by atoms with Crippen molar-refractivity contribution in [1.82, 2.24) is 25.9 Å². The van der Waals surface area contributed by atoms with Crippen LogP contribution in [0.2, 0.25) is 0 Å². The summed E-state index contributed by atoms with van der Waals surface area (Å²) in [6, 6.07) is 7.02. The van der Waals surface area contributed by atoms with Gasteiger partial charge in [0.05, 0.1) is 0 Å². The van der Waals surface area contributed by atoms with Crippen LogP contribution in [0.25, 0.3) is 11.4 Å². The minimum atomic E-state index is -0.157. The van der Waals surface area contributed by atoms with Gasteiger partial charge in [-0.2, -0.15) is 5.21 Å². The summed E-state index contributed by atoms with van der Waals surface area (Å²) in [5, 5.41) is 16.2. The number of amides is 1. The number of tetrazole rings is 1. The van der Waals surface area contributed by atoms with Crippen LogP contribution in [0, 0.1) is 0 Å². The van der Waals surface area contributed by atoms with E-state index in [4.69, 9.17) is 0 Å². The normalized spacial score (nSPS) is 9.88. The Morgan fingerprint density at radius 2 is 2.41 bits per heavy atom. The number of H-pyrrole nitrogens is 1. The number of aromatic nitrogens is 4. The van der Waals surface area contributed by atoms with Crippen molar-refractivity contribution in [2.75, 3.05) is 6.54 Å². The van der Waals surface area contributed by atoms with E-state index in [1.165, 1.54) is 0 Å². The minimum absolute atomic E-state index is 0.157. The van der Waals surface area contributed by atoms with Gasteiger partial charge in [0, 0.05) is 17.7 Å². The molecule has 0 radical (unpaired) electrons. The van der Waals surface area contributed by atoms with E-state index in [1.807, 2.05) is 6.07 Å². The Labute approximate surface area is 97.7 Å². The molecule has 0 spiro atoms. The molecule has 0 aliphatic carbocycles. The first kappa shape index (κ1) is 11.0. The van der Waals surface area contributed by atoms with Crippen molar-refractivity contribution in [1.29, 1.82) is 0 Å². The van der Waals surface area contributed by atoms with Crippen molar-refractivity contribution >= 4 is 5.91 Å². The van der Waals surface area contributed by atoms with Crippen molar-refractivity contribution in [3.8, 4) is 11.4 Å². The molecule has 0 aliphatic rings. The van der Waals surface area contributed by atoms with Gasteiger partial charge in [0.2, 0.25) is 5.82 Å². The number of carbonyl (C=O) groups is 1. The second kappa shape index (κ2) is 5.02. The smallest absolute Gasteiger partial charge is 0.251 e. The molecule has 1 heterocycles. The lowest BCUT2D eigenvalue weighted by Gasteiger charge is -2.03. The Bertz CT molecular complexity index is 520. The van der Waals surface area contributed by atoms with Crippen LogP contribution in [-0.2, 0) is 0 Å². The van der Waals surface area contributed by atoms with E-state index in [9.17, 15) is 4.79 Å². The molecule has 2 N–H and O–H groups in total. The van der Waals surface area contributed by atoms with Crippen molar-refractivity contribution in [2.45, 2.75) is 0 Å². The van der Waals surface area contributed by atoms with Crippen LogP contribution in [0.1, 0.15) is 10.4 Å². The number of rotatable bonds is 4. The van der Waals surface area contributed by atoms with E-state index in [0.717, 1.165) is 5.56 Å². The van der Waals surface area contributed by atoms with Gasteiger partial charge in [-0.05, 0) is 17.3 Å². The van der Waals surface area contributed by atoms with Crippen LogP contribution >= 0.6 is 0 Å². The van der Waals surface area contributed by atoms with Gasteiger partial charge < -0.3 is 5.32 Å². The molecule has 0 saturated heterocycles. The third-order valence-corrected chi connectivity index (χ3v) is 2.14. The van der Waals surface area contributed by atoms with E-state index >= 15 is 0 Å². The van der Waals surface area contributed by atoms with Gasteiger partial charge in [-0.15, -0.1) is 16.8 Å². The molecule has 1 aromatic carbocycles. The van der Waals surface area contributed by atoms with E-state index < -0.39 is 0 Å². The summed E-state index contributed by atoms with van der Waals surface area (Å²) >= 11 is 0. The standard InChI is InChI=1S/C11H11N5O/c1-2-6-12-11(17)9-5-3-4-8(7-9)10-13-15-16-14-10/h2-5,7H,1,6H2,(H,12,17)(H,13,14,15,16). The summed E-state index contributed by atoms with van der Waals surface area (Å²) in [6.07, 6.45) is 1.63. The molecule has 6 nitrogen and oxygen atoms in total. The molecule has 0 bridgehead atoms. The monoisotopic (exact) mass is 229 g/mol. The van der Waals surface area contributed by atoms with Gasteiger partial charge in [-0.1, -0.05) is 18.2 Å². The zero-order valence-corrected chi connectivity index (χ0v) is 9.05. The summed E-state index contributed by atoms with van der Waals surface area (Å²) < 4.78 is 0. The van der Waals surface area contributed by atoms with Crippen LogP contribution in [-0.4, -0.2) is 33.1 Å². The topological polar surface area (TPSA) is 83.6 Å². The first-order chi connectivity index (χ1) is 8.31. The Balaban J connectivity index is 2.22. The van der Waals surface area contributed by atoms with Crippen LogP contribution in [0.3, 0.4) is 0 Å². The molecule has 17 heavy (non-hydrogen) atoms. The molecule has 86 valence electrons. The van der Waals surface area contributed by atoms with Gasteiger partial charge >= 0.3 is 0 Å². The van der Waals surface area contributed by atoms with Crippen molar-refractivity contribution < 1.29 is 4.79 Å². The number of aromatic amines is 1. The third kappa shape index (κ3) is 2.54. The Morgan fingerprint density at radius 1 is 1.53 bits per heavy atom. The number of nitrogens with zero attached hydrogens (tertiary/aromatic N) is 3. The van der Waals surface area contributed by atoms with Gasteiger partial charge in [0.25, 0.3) is 5.91 Å².